The fourth-order valence-corrected chi connectivity index (χ4v) is 5.03. The molecule has 1 atom stereocenters. The Morgan fingerprint density at radius 3 is 2.67 bits per heavy atom. The minimum absolute atomic E-state index is 0.0577. The van der Waals surface area contributed by atoms with Gasteiger partial charge < -0.3 is 4.57 Å². The average molecular weight is 332 g/mol. The zero-order valence-corrected chi connectivity index (χ0v) is 13.9. The highest BCUT2D eigenvalue weighted by molar-refractivity contribution is 8.03. The lowest BCUT2D eigenvalue weighted by molar-refractivity contribution is -0.116. The molecule has 3 nitrogen and oxygen atoms in total. The summed E-state index contributed by atoms with van der Waals surface area (Å²) in [7, 11) is 0. The van der Waals surface area contributed by atoms with Crippen molar-refractivity contribution in [1.29, 1.82) is 0 Å². The van der Waals surface area contributed by atoms with E-state index in [1.807, 2.05) is 36.4 Å². The van der Waals surface area contributed by atoms with E-state index in [9.17, 15) is 4.79 Å². The van der Waals surface area contributed by atoms with Gasteiger partial charge in [0, 0.05) is 16.9 Å². The van der Waals surface area contributed by atoms with Gasteiger partial charge in [0.1, 0.15) is 0 Å². The van der Waals surface area contributed by atoms with Crippen LogP contribution in [0.3, 0.4) is 0 Å². The maximum Gasteiger partial charge on any atom is 0.174 e. The lowest BCUT2D eigenvalue weighted by Crippen LogP contribution is -2.26. The molecule has 0 saturated heterocycles. The van der Waals surface area contributed by atoms with E-state index in [4.69, 9.17) is 4.98 Å². The number of benzene rings is 2. The highest BCUT2D eigenvalue weighted by atomic mass is 32.2. The summed E-state index contributed by atoms with van der Waals surface area (Å²) in [5.41, 5.74) is 4.23. The van der Waals surface area contributed by atoms with Crippen molar-refractivity contribution in [2.75, 3.05) is 0 Å². The second-order valence-corrected chi connectivity index (χ2v) is 7.34. The number of nitrogens with zero attached hydrogens (tertiary/aromatic N) is 2. The van der Waals surface area contributed by atoms with Crippen molar-refractivity contribution in [3.8, 4) is 0 Å². The first-order chi connectivity index (χ1) is 11.8. The number of hydrogen-bond acceptors (Lipinski definition) is 3. The number of rotatable bonds is 1. The molecule has 2 heterocycles. The van der Waals surface area contributed by atoms with Crippen LogP contribution in [0.5, 0.6) is 0 Å². The van der Waals surface area contributed by atoms with E-state index in [-0.39, 0.29) is 6.04 Å². The molecule has 1 unspecified atom stereocenters. The summed E-state index contributed by atoms with van der Waals surface area (Å²) in [5, 5.41) is 0.999. The van der Waals surface area contributed by atoms with Gasteiger partial charge in [-0.05, 0) is 30.5 Å². The molecule has 118 valence electrons. The van der Waals surface area contributed by atoms with Gasteiger partial charge in [-0.3, -0.25) is 4.79 Å². The molecular formula is C20H16N2OS. The Balaban J connectivity index is 1.83. The van der Waals surface area contributed by atoms with Gasteiger partial charge in [-0.25, -0.2) is 4.98 Å². The smallest absolute Gasteiger partial charge is 0.174 e. The highest BCUT2D eigenvalue weighted by Crippen LogP contribution is 2.48. The zero-order valence-electron chi connectivity index (χ0n) is 13.1. The van der Waals surface area contributed by atoms with Crippen molar-refractivity contribution in [1.82, 2.24) is 9.55 Å². The number of hydrogen-bond donors (Lipinski definition) is 0. The van der Waals surface area contributed by atoms with Crippen LogP contribution in [-0.2, 0) is 4.79 Å². The summed E-state index contributed by atoms with van der Waals surface area (Å²) < 4.78 is 2.25. The van der Waals surface area contributed by atoms with Crippen molar-refractivity contribution >= 4 is 28.6 Å². The number of carbonyl (C=O) groups is 1. The number of fused-ring (bicyclic) bond motifs is 3. The van der Waals surface area contributed by atoms with E-state index in [1.54, 1.807) is 11.8 Å². The maximum absolute atomic E-state index is 12.8. The topological polar surface area (TPSA) is 34.9 Å². The molecule has 0 N–H and O–H groups in total. The fraction of sp³-hybridized carbons (Fsp3) is 0.200. The standard InChI is InChI=1S/C20H16N2OS/c23-16-11-6-12-17-18(16)19(13-7-2-1-3-8-13)22-15-10-5-4-9-14(15)21-20(22)24-17/h1-5,7-10,19H,6,11-12H2. The molecule has 0 amide bonds. The van der Waals surface area contributed by atoms with Gasteiger partial charge in [-0.1, -0.05) is 54.2 Å². The normalized spacial score (nSPS) is 20.2. The molecular weight excluding hydrogens is 316 g/mol. The molecule has 24 heavy (non-hydrogen) atoms. The number of allylic oxidation sites excluding steroid dienone is 2. The molecule has 1 aromatic heterocycles. The number of ketones is 1. The number of Topliss-reactive ketones (excluding diaryl/α,β-unsaturated/α-hetero) is 1. The number of carbonyl (C=O) groups excluding carboxylic acids is 1. The van der Waals surface area contributed by atoms with Crippen molar-refractivity contribution < 1.29 is 4.79 Å². The Kier molecular flexibility index (Phi) is 3.13. The van der Waals surface area contributed by atoms with E-state index in [1.165, 1.54) is 4.91 Å². The molecule has 5 rings (SSSR count). The number of thioether (sulfide) groups is 1. The summed E-state index contributed by atoms with van der Waals surface area (Å²) >= 11 is 1.68. The number of para-hydroxylation sites is 2. The van der Waals surface area contributed by atoms with E-state index >= 15 is 0 Å². The summed E-state index contributed by atoms with van der Waals surface area (Å²) in [6, 6.07) is 18.5. The van der Waals surface area contributed by atoms with Crippen LogP contribution in [0.1, 0.15) is 30.9 Å². The van der Waals surface area contributed by atoms with E-state index in [0.29, 0.717) is 12.2 Å². The monoisotopic (exact) mass is 332 g/mol. The fourth-order valence-electron chi connectivity index (χ4n) is 3.78. The van der Waals surface area contributed by atoms with Crippen molar-refractivity contribution in [2.24, 2.45) is 0 Å². The summed E-state index contributed by atoms with van der Waals surface area (Å²) in [6.45, 7) is 0. The van der Waals surface area contributed by atoms with Crippen LogP contribution in [0.4, 0.5) is 0 Å². The van der Waals surface area contributed by atoms with Gasteiger partial charge in [-0.15, -0.1) is 0 Å². The van der Waals surface area contributed by atoms with Crippen LogP contribution in [-0.4, -0.2) is 15.3 Å². The van der Waals surface area contributed by atoms with Crippen LogP contribution in [0, 0.1) is 0 Å². The minimum atomic E-state index is -0.0577. The largest absolute Gasteiger partial charge is 0.307 e. The van der Waals surface area contributed by atoms with Gasteiger partial charge in [0.05, 0.1) is 17.1 Å². The first kappa shape index (κ1) is 14.1. The number of imidazole rings is 1. The predicted molar refractivity (Wildman–Crippen MR) is 96.1 cm³/mol. The van der Waals surface area contributed by atoms with Crippen LogP contribution in [0.2, 0.25) is 0 Å². The van der Waals surface area contributed by atoms with E-state index in [2.05, 4.69) is 22.8 Å². The molecule has 1 aliphatic carbocycles. The molecule has 0 bridgehead atoms. The average Bonchev–Trinajstić information content (AvgIpc) is 2.99. The van der Waals surface area contributed by atoms with Crippen LogP contribution >= 0.6 is 11.8 Å². The Hall–Kier alpha value is -2.33. The molecule has 0 spiro atoms. The van der Waals surface area contributed by atoms with Gasteiger partial charge in [0.15, 0.2) is 10.9 Å². The molecule has 0 saturated carbocycles. The Morgan fingerprint density at radius 2 is 1.79 bits per heavy atom. The Labute approximate surface area is 144 Å². The van der Waals surface area contributed by atoms with Gasteiger partial charge in [0.25, 0.3) is 0 Å². The maximum atomic E-state index is 12.8. The SMILES string of the molecule is O=C1CCCC2=C1C(c1ccccc1)n1c(nc3ccccc31)S2. The highest BCUT2D eigenvalue weighted by Gasteiger charge is 2.36. The van der Waals surface area contributed by atoms with Crippen molar-refractivity contribution in [3.63, 3.8) is 0 Å². The third-order valence-electron chi connectivity index (χ3n) is 4.83. The molecule has 0 radical (unpaired) electrons. The summed E-state index contributed by atoms with van der Waals surface area (Å²) in [5.74, 6) is 0.293. The van der Waals surface area contributed by atoms with Crippen LogP contribution < -0.4 is 0 Å². The molecule has 4 heteroatoms. The quantitative estimate of drug-likeness (QED) is 0.646. The second-order valence-electron chi connectivity index (χ2n) is 6.28. The van der Waals surface area contributed by atoms with Crippen LogP contribution in [0.15, 0.2) is 70.2 Å². The third kappa shape index (κ3) is 1.99. The Bertz CT molecular complexity index is 987. The van der Waals surface area contributed by atoms with E-state index in [0.717, 1.165) is 40.2 Å². The lowest BCUT2D eigenvalue weighted by Gasteiger charge is -2.32. The number of aromatic nitrogens is 2. The third-order valence-corrected chi connectivity index (χ3v) is 5.97. The second kappa shape index (κ2) is 5.35. The first-order valence-corrected chi connectivity index (χ1v) is 9.10. The molecule has 2 aromatic carbocycles. The van der Waals surface area contributed by atoms with Gasteiger partial charge in [0.2, 0.25) is 0 Å². The Morgan fingerprint density at radius 1 is 1.00 bits per heavy atom. The predicted octanol–water partition coefficient (Wildman–Crippen LogP) is 4.74. The van der Waals surface area contributed by atoms with Gasteiger partial charge in [-0.2, -0.15) is 0 Å². The first-order valence-electron chi connectivity index (χ1n) is 8.29. The minimum Gasteiger partial charge on any atom is -0.307 e. The molecule has 0 fully saturated rings. The molecule has 2 aliphatic rings. The zero-order chi connectivity index (χ0) is 16.1. The van der Waals surface area contributed by atoms with Crippen LogP contribution in [0.25, 0.3) is 11.0 Å². The summed E-state index contributed by atoms with van der Waals surface area (Å²) in [6.07, 6.45) is 2.59. The lowest BCUT2D eigenvalue weighted by atomic mass is 9.88. The van der Waals surface area contributed by atoms with Gasteiger partial charge >= 0.3 is 0 Å². The molecule has 1 aliphatic heterocycles. The summed E-state index contributed by atoms with van der Waals surface area (Å²) in [4.78, 5) is 18.8. The van der Waals surface area contributed by atoms with Crippen molar-refractivity contribution in [3.05, 3.63) is 70.6 Å². The van der Waals surface area contributed by atoms with E-state index < -0.39 is 0 Å². The van der Waals surface area contributed by atoms with Crippen molar-refractivity contribution in [2.45, 2.75) is 30.5 Å². The molecule has 3 aromatic rings.